The Morgan fingerprint density at radius 3 is 2.93 bits per heavy atom. The topological polar surface area (TPSA) is 48.6 Å². The van der Waals surface area contributed by atoms with E-state index in [-0.39, 0.29) is 5.91 Å². The van der Waals surface area contributed by atoms with Crippen LogP contribution in [0.5, 0.6) is 0 Å². The molecule has 0 saturated heterocycles. The predicted octanol–water partition coefficient (Wildman–Crippen LogP) is 3.31. The van der Waals surface area contributed by atoms with Crippen molar-refractivity contribution >= 4 is 22.4 Å². The van der Waals surface area contributed by atoms with Gasteiger partial charge in [-0.25, -0.2) is 0 Å². The van der Waals surface area contributed by atoms with Crippen LogP contribution in [0.15, 0.2) is 30.5 Å². The summed E-state index contributed by atoms with van der Waals surface area (Å²) in [6.45, 7) is 5.75. The van der Waals surface area contributed by atoms with Crippen LogP contribution in [0.1, 0.15) is 30.9 Å². The molecule has 0 atom stereocenters. The molecule has 0 saturated carbocycles. The fourth-order valence-electron chi connectivity index (χ4n) is 3.81. The van der Waals surface area contributed by atoms with E-state index >= 15 is 0 Å². The number of likely N-dealkylation sites (N-methyl/N-ethyl adjacent to an activating group) is 1. The second-order valence-corrected chi connectivity index (χ2v) is 7.30. The Labute approximate surface area is 162 Å². The van der Waals surface area contributed by atoms with Crippen molar-refractivity contribution in [3.63, 3.8) is 0 Å². The normalized spacial score (nSPS) is 14.8. The monoisotopic (exact) mass is 369 g/mol. The minimum absolute atomic E-state index is 0.206. The molecule has 2 heterocycles. The van der Waals surface area contributed by atoms with Crippen LogP contribution in [0, 0.1) is 0 Å². The molecule has 146 valence electrons. The number of fused-ring (bicyclic) bond motifs is 1. The van der Waals surface area contributed by atoms with Gasteiger partial charge in [0.2, 0.25) is 5.91 Å². The van der Waals surface area contributed by atoms with Crippen LogP contribution in [0.25, 0.3) is 16.5 Å². The van der Waals surface area contributed by atoms with Crippen LogP contribution >= 0.6 is 0 Å². The molecule has 5 heteroatoms. The number of carbonyl (C=O) groups excluding carboxylic acids is 1. The maximum atomic E-state index is 12.5. The fourth-order valence-corrected chi connectivity index (χ4v) is 3.81. The number of nitrogens with zero attached hydrogens (tertiary/aromatic N) is 2. The average molecular weight is 370 g/mol. The summed E-state index contributed by atoms with van der Waals surface area (Å²) >= 11 is 0. The lowest BCUT2D eigenvalue weighted by atomic mass is 9.97. The molecule has 1 aliphatic heterocycles. The van der Waals surface area contributed by atoms with E-state index in [0.717, 1.165) is 39.0 Å². The number of carbonyl (C=O) groups is 1. The number of aryl methyl sites for hydroxylation is 1. The second-order valence-electron chi connectivity index (χ2n) is 7.30. The van der Waals surface area contributed by atoms with Crippen molar-refractivity contribution in [2.75, 3.05) is 46.9 Å². The second kappa shape index (κ2) is 9.20. The van der Waals surface area contributed by atoms with Crippen molar-refractivity contribution in [2.24, 2.45) is 0 Å². The highest BCUT2D eigenvalue weighted by Crippen LogP contribution is 2.30. The molecule has 0 unspecified atom stereocenters. The van der Waals surface area contributed by atoms with E-state index in [1.807, 2.05) is 11.9 Å². The molecule has 1 aromatic carbocycles. The summed E-state index contributed by atoms with van der Waals surface area (Å²) in [7, 11) is 3.70. The molecule has 1 aromatic heterocycles. The van der Waals surface area contributed by atoms with Gasteiger partial charge in [-0.1, -0.05) is 31.2 Å². The zero-order valence-electron chi connectivity index (χ0n) is 16.8. The quantitative estimate of drug-likeness (QED) is 0.726. The molecule has 0 bridgehead atoms. The van der Waals surface area contributed by atoms with Crippen molar-refractivity contribution < 1.29 is 9.53 Å². The fraction of sp³-hybridized carbons (Fsp3) is 0.500. The van der Waals surface area contributed by atoms with E-state index in [2.05, 4.69) is 47.3 Å². The highest BCUT2D eigenvalue weighted by Gasteiger charge is 2.20. The number of amides is 1. The van der Waals surface area contributed by atoms with E-state index in [1.54, 1.807) is 7.11 Å². The molecule has 0 radical (unpaired) electrons. The minimum atomic E-state index is 0.206. The number of H-pyrrole nitrogens is 1. The number of rotatable bonds is 8. The molecular formula is C22H31N3O2. The molecule has 0 spiro atoms. The SMILES string of the molecule is CCc1cccc2c(C3=CCN(C(=O)CN(C)CCCOC)CC3)c[nH]c12. The first-order valence-corrected chi connectivity index (χ1v) is 9.87. The van der Waals surface area contributed by atoms with Gasteiger partial charge in [-0.2, -0.15) is 0 Å². The van der Waals surface area contributed by atoms with Crippen LogP contribution < -0.4 is 0 Å². The third kappa shape index (κ3) is 4.60. The van der Waals surface area contributed by atoms with E-state index in [0.29, 0.717) is 13.1 Å². The number of benzene rings is 1. The van der Waals surface area contributed by atoms with Gasteiger partial charge in [-0.05, 0) is 37.4 Å². The smallest absolute Gasteiger partial charge is 0.237 e. The molecule has 5 nitrogen and oxygen atoms in total. The molecule has 1 aliphatic rings. The molecule has 3 rings (SSSR count). The van der Waals surface area contributed by atoms with Gasteiger partial charge in [0.25, 0.3) is 0 Å². The van der Waals surface area contributed by atoms with Crippen LogP contribution in [0.3, 0.4) is 0 Å². The Morgan fingerprint density at radius 2 is 2.22 bits per heavy atom. The Hall–Kier alpha value is -2.11. The Kier molecular flexibility index (Phi) is 6.69. The van der Waals surface area contributed by atoms with Gasteiger partial charge in [0.15, 0.2) is 0 Å². The minimum Gasteiger partial charge on any atom is -0.385 e. The van der Waals surface area contributed by atoms with Gasteiger partial charge in [0, 0.05) is 56.0 Å². The molecule has 2 aromatic rings. The van der Waals surface area contributed by atoms with Crippen molar-refractivity contribution in [1.29, 1.82) is 0 Å². The van der Waals surface area contributed by atoms with Crippen molar-refractivity contribution in [3.8, 4) is 0 Å². The van der Waals surface area contributed by atoms with E-state index in [9.17, 15) is 4.79 Å². The molecule has 0 aliphatic carbocycles. The Balaban J connectivity index is 1.63. The van der Waals surface area contributed by atoms with Gasteiger partial charge in [-0.3, -0.25) is 9.69 Å². The zero-order chi connectivity index (χ0) is 19.2. The Morgan fingerprint density at radius 1 is 1.37 bits per heavy atom. The number of para-hydroxylation sites is 1. The molecule has 27 heavy (non-hydrogen) atoms. The van der Waals surface area contributed by atoms with E-state index in [1.165, 1.54) is 27.6 Å². The van der Waals surface area contributed by atoms with Gasteiger partial charge >= 0.3 is 0 Å². The van der Waals surface area contributed by atoms with Crippen molar-refractivity contribution in [2.45, 2.75) is 26.2 Å². The summed E-state index contributed by atoms with van der Waals surface area (Å²) in [5.41, 5.74) is 5.21. The van der Waals surface area contributed by atoms with Crippen LogP contribution in [-0.2, 0) is 16.0 Å². The largest absolute Gasteiger partial charge is 0.385 e. The van der Waals surface area contributed by atoms with E-state index in [4.69, 9.17) is 4.74 Å². The number of hydrogen-bond donors (Lipinski definition) is 1. The summed E-state index contributed by atoms with van der Waals surface area (Å²) < 4.78 is 5.07. The summed E-state index contributed by atoms with van der Waals surface area (Å²) in [5.74, 6) is 0.206. The average Bonchev–Trinajstić information content (AvgIpc) is 3.12. The third-order valence-corrected chi connectivity index (χ3v) is 5.38. The first-order chi connectivity index (χ1) is 13.1. The number of nitrogens with one attached hydrogen (secondary N) is 1. The lowest BCUT2D eigenvalue weighted by Crippen LogP contribution is -2.41. The molecule has 1 amide bonds. The Bertz CT molecular complexity index is 809. The van der Waals surface area contributed by atoms with Gasteiger partial charge < -0.3 is 14.6 Å². The maximum absolute atomic E-state index is 12.5. The number of methoxy groups -OCH3 is 1. The number of ether oxygens (including phenoxy) is 1. The van der Waals surface area contributed by atoms with Gasteiger partial charge in [0.1, 0.15) is 0 Å². The van der Waals surface area contributed by atoms with Crippen LogP contribution in [-0.4, -0.2) is 67.6 Å². The first kappa shape index (κ1) is 19.6. The van der Waals surface area contributed by atoms with Crippen molar-refractivity contribution in [1.82, 2.24) is 14.8 Å². The highest BCUT2D eigenvalue weighted by atomic mass is 16.5. The lowest BCUT2D eigenvalue weighted by molar-refractivity contribution is -0.131. The number of aromatic amines is 1. The number of aromatic nitrogens is 1. The predicted molar refractivity (Wildman–Crippen MR) is 111 cm³/mol. The molecule has 0 fully saturated rings. The standard InChI is InChI=1S/C22H31N3O2/c1-4-17-7-5-8-19-20(15-23-22(17)19)18-9-12-25(13-10-18)21(26)16-24(2)11-6-14-27-3/h5,7-9,15,23H,4,6,10-14,16H2,1-3H3. The summed E-state index contributed by atoms with van der Waals surface area (Å²) in [5, 5.41) is 1.29. The van der Waals surface area contributed by atoms with Crippen molar-refractivity contribution in [3.05, 3.63) is 41.6 Å². The highest BCUT2D eigenvalue weighted by molar-refractivity contribution is 5.94. The van der Waals surface area contributed by atoms with Gasteiger partial charge in [0.05, 0.1) is 6.54 Å². The summed E-state index contributed by atoms with van der Waals surface area (Å²) in [6.07, 6.45) is 7.22. The van der Waals surface area contributed by atoms with Crippen LogP contribution in [0.4, 0.5) is 0 Å². The number of hydrogen-bond acceptors (Lipinski definition) is 3. The zero-order valence-corrected chi connectivity index (χ0v) is 16.8. The summed E-state index contributed by atoms with van der Waals surface area (Å²) in [6, 6.07) is 6.51. The third-order valence-electron chi connectivity index (χ3n) is 5.38. The molecular weight excluding hydrogens is 338 g/mol. The lowest BCUT2D eigenvalue weighted by Gasteiger charge is -2.28. The van der Waals surface area contributed by atoms with E-state index < -0.39 is 0 Å². The van der Waals surface area contributed by atoms with Gasteiger partial charge in [-0.15, -0.1) is 0 Å². The maximum Gasteiger partial charge on any atom is 0.237 e. The first-order valence-electron chi connectivity index (χ1n) is 9.87. The molecule has 1 N–H and O–H groups in total. The van der Waals surface area contributed by atoms with Crippen LogP contribution in [0.2, 0.25) is 0 Å². The summed E-state index contributed by atoms with van der Waals surface area (Å²) in [4.78, 5) is 20.0.